The second kappa shape index (κ2) is 3.80. The molecular formula is C13H16F2N2O. The molecule has 2 heterocycles. The molecule has 1 saturated carbocycles. The van der Waals surface area contributed by atoms with Crippen molar-refractivity contribution in [3.8, 4) is 5.88 Å². The van der Waals surface area contributed by atoms with Crippen molar-refractivity contribution in [2.45, 2.75) is 25.2 Å². The maximum atomic E-state index is 13.4. The van der Waals surface area contributed by atoms with Crippen molar-refractivity contribution in [2.24, 2.45) is 5.41 Å². The van der Waals surface area contributed by atoms with E-state index < -0.39 is 11.3 Å². The van der Waals surface area contributed by atoms with Gasteiger partial charge in [-0.05, 0) is 18.9 Å². The number of hydrogen-bond acceptors (Lipinski definition) is 3. The third kappa shape index (κ3) is 1.72. The molecule has 1 aliphatic heterocycles. The van der Waals surface area contributed by atoms with Gasteiger partial charge in [0.1, 0.15) is 5.82 Å². The highest BCUT2D eigenvalue weighted by molar-refractivity contribution is 5.43. The van der Waals surface area contributed by atoms with E-state index in [-0.39, 0.29) is 6.42 Å². The highest BCUT2D eigenvalue weighted by Gasteiger charge is 2.71. The standard InChI is InChI=1S/C13H16F2N2O/c1-18-11-5-2-4-10(16-11)17-7-3-6-12(9-17)8-13(12,14)15/h2,4-5H,3,6-9H2,1H3. The molecule has 0 aromatic carbocycles. The Bertz CT molecular complexity index is 466. The molecule has 0 amide bonds. The first kappa shape index (κ1) is 11.7. The summed E-state index contributed by atoms with van der Waals surface area (Å²) >= 11 is 0. The third-order valence-corrected chi connectivity index (χ3v) is 4.03. The van der Waals surface area contributed by atoms with Gasteiger partial charge in [-0.15, -0.1) is 0 Å². The average Bonchev–Trinajstić information content (AvgIpc) is 2.89. The Kier molecular flexibility index (Phi) is 2.47. The van der Waals surface area contributed by atoms with Crippen LogP contribution in [-0.2, 0) is 0 Å². The molecule has 2 aliphatic rings. The van der Waals surface area contributed by atoms with Crippen LogP contribution < -0.4 is 9.64 Å². The highest BCUT2D eigenvalue weighted by Crippen LogP contribution is 2.64. The Morgan fingerprint density at radius 3 is 2.83 bits per heavy atom. The number of pyridine rings is 1. The Balaban J connectivity index is 1.80. The van der Waals surface area contributed by atoms with Crippen molar-refractivity contribution in [3.05, 3.63) is 18.2 Å². The number of methoxy groups -OCH3 is 1. The fraction of sp³-hybridized carbons (Fsp3) is 0.615. The van der Waals surface area contributed by atoms with Crippen molar-refractivity contribution in [3.63, 3.8) is 0 Å². The molecule has 98 valence electrons. The molecule has 18 heavy (non-hydrogen) atoms. The summed E-state index contributed by atoms with van der Waals surface area (Å²) in [5, 5.41) is 0. The Labute approximate surface area is 105 Å². The molecule has 3 rings (SSSR count). The van der Waals surface area contributed by atoms with E-state index in [0.717, 1.165) is 18.8 Å². The van der Waals surface area contributed by atoms with E-state index in [2.05, 4.69) is 4.98 Å². The minimum atomic E-state index is -2.48. The van der Waals surface area contributed by atoms with Gasteiger partial charge in [-0.1, -0.05) is 6.07 Å². The second-order valence-electron chi connectivity index (χ2n) is 5.22. The van der Waals surface area contributed by atoms with E-state index in [1.807, 2.05) is 17.0 Å². The van der Waals surface area contributed by atoms with Crippen LogP contribution in [0.5, 0.6) is 5.88 Å². The van der Waals surface area contributed by atoms with Gasteiger partial charge in [0.05, 0.1) is 12.5 Å². The van der Waals surface area contributed by atoms with E-state index in [1.54, 1.807) is 13.2 Å². The van der Waals surface area contributed by atoms with Crippen LogP contribution in [0.1, 0.15) is 19.3 Å². The summed E-state index contributed by atoms with van der Waals surface area (Å²) in [6, 6.07) is 5.45. The van der Waals surface area contributed by atoms with Gasteiger partial charge in [-0.3, -0.25) is 0 Å². The van der Waals surface area contributed by atoms with Crippen molar-refractivity contribution in [1.82, 2.24) is 4.98 Å². The highest BCUT2D eigenvalue weighted by atomic mass is 19.3. The smallest absolute Gasteiger partial charge is 0.256 e. The third-order valence-electron chi connectivity index (χ3n) is 4.03. The first-order valence-corrected chi connectivity index (χ1v) is 6.20. The van der Waals surface area contributed by atoms with Crippen LogP contribution >= 0.6 is 0 Å². The number of halogens is 2. The van der Waals surface area contributed by atoms with Crippen molar-refractivity contribution < 1.29 is 13.5 Å². The maximum Gasteiger partial charge on any atom is 0.256 e. The van der Waals surface area contributed by atoms with Gasteiger partial charge in [0, 0.05) is 25.6 Å². The van der Waals surface area contributed by atoms with Crippen molar-refractivity contribution >= 4 is 5.82 Å². The van der Waals surface area contributed by atoms with Crippen LogP contribution in [0.4, 0.5) is 14.6 Å². The summed E-state index contributed by atoms with van der Waals surface area (Å²) in [7, 11) is 1.55. The first-order valence-electron chi connectivity index (χ1n) is 6.20. The minimum Gasteiger partial charge on any atom is -0.481 e. The lowest BCUT2D eigenvalue weighted by Gasteiger charge is -2.34. The molecule has 1 spiro atoms. The monoisotopic (exact) mass is 254 g/mol. The lowest BCUT2D eigenvalue weighted by molar-refractivity contribution is 0.0575. The molecular weight excluding hydrogens is 238 g/mol. The number of rotatable bonds is 2. The molecule has 0 radical (unpaired) electrons. The van der Waals surface area contributed by atoms with Crippen LogP contribution in [0, 0.1) is 5.41 Å². The molecule has 1 aliphatic carbocycles. The summed E-state index contributed by atoms with van der Waals surface area (Å²) in [6.45, 7) is 1.19. The second-order valence-corrected chi connectivity index (χ2v) is 5.22. The number of nitrogens with zero attached hydrogens (tertiary/aromatic N) is 2. The van der Waals surface area contributed by atoms with E-state index >= 15 is 0 Å². The topological polar surface area (TPSA) is 25.4 Å². The summed E-state index contributed by atoms with van der Waals surface area (Å²) in [4.78, 5) is 6.27. The van der Waals surface area contributed by atoms with Gasteiger partial charge >= 0.3 is 0 Å². The SMILES string of the molecule is COc1cccc(N2CCCC3(C2)CC3(F)F)n1. The fourth-order valence-electron chi connectivity index (χ4n) is 2.84. The van der Waals surface area contributed by atoms with Gasteiger partial charge in [0.2, 0.25) is 5.88 Å². The molecule has 5 heteroatoms. The summed E-state index contributed by atoms with van der Waals surface area (Å²) in [6.07, 6.45) is 1.45. The van der Waals surface area contributed by atoms with Gasteiger partial charge < -0.3 is 9.64 Å². The summed E-state index contributed by atoms with van der Waals surface area (Å²) in [5.74, 6) is -1.23. The van der Waals surface area contributed by atoms with Gasteiger partial charge in [0.25, 0.3) is 5.92 Å². The van der Waals surface area contributed by atoms with Crippen molar-refractivity contribution in [1.29, 1.82) is 0 Å². The Morgan fingerprint density at radius 1 is 1.39 bits per heavy atom. The summed E-state index contributed by atoms with van der Waals surface area (Å²) < 4.78 is 31.9. The zero-order chi connectivity index (χ0) is 12.8. The Morgan fingerprint density at radius 2 is 2.17 bits per heavy atom. The van der Waals surface area contributed by atoms with E-state index in [9.17, 15) is 8.78 Å². The molecule has 1 aromatic heterocycles. The van der Waals surface area contributed by atoms with Gasteiger partial charge in [-0.25, -0.2) is 8.78 Å². The predicted molar refractivity (Wildman–Crippen MR) is 64.2 cm³/mol. The number of anilines is 1. The summed E-state index contributed by atoms with van der Waals surface area (Å²) in [5.41, 5.74) is -0.796. The van der Waals surface area contributed by atoms with E-state index in [1.165, 1.54) is 0 Å². The zero-order valence-corrected chi connectivity index (χ0v) is 10.3. The quantitative estimate of drug-likeness (QED) is 0.811. The lowest BCUT2D eigenvalue weighted by atomic mass is 9.94. The van der Waals surface area contributed by atoms with E-state index in [4.69, 9.17) is 4.74 Å². The van der Waals surface area contributed by atoms with Crippen LogP contribution in [0.25, 0.3) is 0 Å². The first-order chi connectivity index (χ1) is 8.56. The number of aromatic nitrogens is 1. The zero-order valence-electron chi connectivity index (χ0n) is 10.3. The van der Waals surface area contributed by atoms with Crippen LogP contribution in [-0.4, -0.2) is 31.1 Å². The number of ether oxygens (including phenoxy) is 1. The largest absolute Gasteiger partial charge is 0.481 e. The van der Waals surface area contributed by atoms with Crippen LogP contribution in [0.2, 0.25) is 0 Å². The van der Waals surface area contributed by atoms with Crippen LogP contribution in [0.3, 0.4) is 0 Å². The molecule has 0 bridgehead atoms. The number of alkyl halides is 2. The molecule has 0 N–H and O–H groups in total. The lowest BCUT2D eigenvalue weighted by Crippen LogP contribution is -2.39. The maximum absolute atomic E-state index is 13.4. The van der Waals surface area contributed by atoms with E-state index in [0.29, 0.717) is 18.8 Å². The molecule has 1 unspecified atom stereocenters. The predicted octanol–water partition coefficient (Wildman–Crippen LogP) is 2.72. The number of piperidine rings is 1. The fourth-order valence-corrected chi connectivity index (χ4v) is 2.84. The molecule has 1 atom stereocenters. The molecule has 1 saturated heterocycles. The number of hydrogen-bond donors (Lipinski definition) is 0. The molecule has 1 aromatic rings. The van der Waals surface area contributed by atoms with Crippen LogP contribution in [0.15, 0.2) is 18.2 Å². The molecule has 2 fully saturated rings. The Hall–Kier alpha value is -1.39. The molecule has 3 nitrogen and oxygen atoms in total. The average molecular weight is 254 g/mol. The van der Waals surface area contributed by atoms with Gasteiger partial charge in [0.15, 0.2) is 0 Å². The minimum absolute atomic E-state index is 0.0282. The van der Waals surface area contributed by atoms with Gasteiger partial charge in [-0.2, -0.15) is 4.98 Å². The van der Waals surface area contributed by atoms with Crippen molar-refractivity contribution in [2.75, 3.05) is 25.1 Å². The normalized spacial score (nSPS) is 29.4.